The summed E-state index contributed by atoms with van der Waals surface area (Å²) in [6.07, 6.45) is 16.1. The highest BCUT2D eigenvalue weighted by molar-refractivity contribution is 6.32. The van der Waals surface area contributed by atoms with Crippen molar-refractivity contribution in [2.75, 3.05) is 0 Å². The van der Waals surface area contributed by atoms with Crippen LogP contribution < -0.4 is 5.32 Å². The highest BCUT2D eigenvalue weighted by Crippen LogP contribution is 2.13. The number of carbonyl (C=O) groups excluding carboxylic acids is 4. The number of nitrogens with one attached hydrogen (secondary N) is 1. The molecule has 0 aromatic carbocycles. The maximum absolute atomic E-state index is 12.0. The molecule has 6 nitrogen and oxygen atoms in total. The van der Waals surface area contributed by atoms with Gasteiger partial charge >= 0.3 is 5.97 Å². The maximum atomic E-state index is 12.0. The van der Waals surface area contributed by atoms with Crippen molar-refractivity contribution in [3.05, 3.63) is 24.0 Å². The molecular formula is C21H31NO5. The average molecular weight is 377 g/mol. The van der Waals surface area contributed by atoms with Gasteiger partial charge in [-0.05, 0) is 44.6 Å². The van der Waals surface area contributed by atoms with Gasteiger partial charge in [0, 0.05) is 6.42 Å². The lowest BCUT2D eigenvalue weighted by molar-refractivity contribution is -0.145. The van der Waals surface area contributed by atoms with Gasteiger partial charge in [0.05, 0.1) is 0 Å². The third kappa shape index (κ3) is 9.87. The molecule has 1 rings (SSSR count). The number of Topliss-reactive ketones (excluding diaryl/α,β-unsaturated/α-hetero) is 1. The van der Waals surface area contributed by atoms with E-state index in [2.05, 4.69) is 24.4 Å². The molecule has 0 radical (unpaired) electrons. The van der Waals surface area contributed by atoms with Crippen LogP contribution in [0.1, 0.15) is 77.6 Å². The topological polar surface area (TPSA) is 89.5 Å². The van der Waals surface area contributed by atoms with Gasteiger partial charge in [-0.15, -0.1) is 0 Å². The maximum Gasteiger partial charge on any atom is 0.334 e. The van der Waals surface area contributed by atoms with E-state index in [0.717, 1.165) is 32.1 Å². The zero-order chi connectivity index (χ0) is 19.9. The van der Waals surface area contributed by atoms with Crippen molar-refractivity contribution >= 4 is 23.9 Å². The number of hydrogen-bond donors (Lipinski definition) is 1. The first-order chi connectivity index (χ1) is 13.1. The Morgan fingerprint density at radius 3 is 2.33 bits per heavy atom. The third-order valence-electron chi connectivity index (χ3n) is 4.40. The Morgan fingerprint density at radius 2 is 1.74 bits per heavy atom. The van der Waals surface area contributed by atoms with Crippen molar-refractivity contribution < 1.29 is 23.9 Å². The highest BCUT2D eigenvalue weighted by Gasteiger charge is 2.30. The van der Waals surface area contributed by atoms with E-state index >= 15 is 0 Å². The fourth-order valence-electron chi connectivity index (χ4n) is 2.85. The fourth-order valence-corrected chi connectivity index (χ4v) is 2.85. The summed E-state index contributed by atoms with van der Waals surface area (Å²) in [7, 11) is 0. The number of carbonyl (C=O) groups is 4. The molecule has 1 unspecified atom stereocenters. The molecule has 27 heavy (non-hydrogen) atoms. The number of allylic oxidation sites excluding steroid dienone is 4. The molecule has 1 fully saturated rings. The van der Waals surface area contributed by atoms with Crippen molar-refractivity contribution in [3.63, 3.8) is 0 Å². The smallest absolute Gasteiger partial charge is 0.334 e. The number of rotatable bonds is 14. The second-order valence-corrected chi connectivity index (χ2v) is 6.71. The van der Waals surface area contributed by atoms with E-state index < -0.39 is 17.8 Å². The van der Waals surface area contributed by atoms with Crippen LogP contribution in [-0.4, -0.2) is 30.0 Å². The predicted octanol–water partition coefficient (Wildman–Crippen LogP) is 3.55. The van der Waals surface area contributed by atoms with Gasteiger partial charge in [0.2, 0.25) is 5.91 Å². The first kappa shape index (κ1) is 22.8. The van der Waals surface area contributed by atoms with E-state index in [-0.39, 0.29) is 24.4 Å². The molecule has 0 bridgehead atoms. The van der Waals surface area contributed by atoms with Gasteiger partial charge < -0.3 is 10.1 Å². The van der Waals surface area contributed by atoms with E-state index in [4.69, 9.17) is 4.74 Å². The predicted molar refractivity (Wildman–Crippen MR) is 103 cm³/mol. The van der Waals surface area contributed by atoms with Crippen LogP contribution in [0.15, 0.2) is 24.0 Å². The van der Waals surface area contributed by atoms with Crippen molar-refractivity contribution in [2.24, 2.45) is 0 Å². The van der Waals surface area contributed by atoms with Crippen molar-refractivity contribution in [1.29, 1.82) is 0 Å². The summed E-state index contributed by atoms with van der Waals surface area (Å²) in [6.45, 7) is 2.13. The molecule has 1 atom stereocenters. The quantitative estimate of drug-likeness (QED) is 0.0951. The average Bonchev–Trinajstić information content (AvgIpc) is 3.10. The van der Waals surface area contributed by atoms with Crippen molar-refractivity contribution in [1.82, 2.24) is 5.32 Å². The number of unbranched alkanes of at least 4 members (excludes halogenated alkanes) is 7. The lowest BCUT2D eigenvalue weighted by atomic mass is 10.1. The first-order valence-corrected chi connectivity index (χ1v) is 9.94. The third-order valence-corrected chi connectivity index (χ3v) is 4.40. The van der Waals surface area contributed by atoms with Crippen LogP contribution in [0.2, 0.25) is 0 Å². The van der Waals surface area contributed by atoms with Gasteiger partial charge in [-0.3, -0.25) is 14.4 Å². The molecule has 6 heteroatoms. The van der Waals surface area contributed by atoms with Gasteiger partial charge in [-0.2, -0.15) is 0 Å². The van der Waals surface area contributed by atoms with Gasteiger partial charge in [0.1, 0.15) is 6.04 Å². The summed E-state index contributed by atoms with van der Waals surface area (Å²) in [5.74, 6) is -2.00. The minimum Gasteiger partial charge on any atom is -0.421 e. The molecule has 1 aliphatic rings. The summed E-state index contributed by atoms with van der Waals surface area (Å²) in [5.41, 5.74) is 0. The highest BCUT2D eigenvalue weighted by atomic mass is 16.5. The standard InChI is InChI=1S/C21H31NO5/c1-2-3-4-5-6-7-8-9-10-11-12-13-19(18(24)16-23)27-21(26)17-14-15-20(25)22-17/h3-4,13,16-17H,2,5-12,14-15H2,1H3,(H,22,25). The summed E-state index contributed by atoms with van der Waals surface area (Å²) in [4.78, 5) is 45.5. The van der Waals surface area contributed by atoms with Crippen LogP contribution in [0.5, 0.6) is 0 Å². The Morgan fingerprint density at radius 1 is 1.07 bits per heavy atom. The van der Waals surface area contributed by atoms with Crippen LogP contribution in [0.25, 0.3) is 0 Å². The molecule has 0 aromatic heterocycles. The van der Waals surface area contributed by atoms with Gasteiger partial charge in [-0.25, -0.2) is 4.79 Å². The van der Waals surface area contributed by atoms with E-state index in [9.17, 15) is 19.2 Å². The summed E-state index contributed by atoms with van der Waals surface area (Å²) in [6, 6.07) is -0.743. The first-order valence-electron chi connectivity index (χ1n) is 9.94. The minimum atomic E-state index is -0.854. The van der Waals surface area contributed by atoms with E-state index in [1.54, 1.807) is 0 Å². The number of amides is 1. The molecule has 1 heterocycles. The molecule has 0 aliphatic carbocycles. The number of ether oxygens (including phenoxy) is 1. The fraction of sp³-hybridized carbons (Fsp3) is 0.619. The molecular weight excluding hydrogens is 346 g/mol. The summed E-state index contributed by atoms with van der Waals surface area (Å²) < 4.78 is 5.05. The lowest BCUT2D eigenvalue weighted by Gasteiger charge is -2.10. The number of esters is 1. The van der Waals surface area contributed by atoms with Crippen LogP contribution in [-0.2, 0) is 23.9 Å². The second-order valence-electron chi connectivity index (χ2n) is 6.71. The minimum absolute atomic E-state index is 0.138. The Balaban J connectivity index is 2.26. The van der Waals surface area contributed by atoms with Gasteiger partial charge in [0.15, 0.2) is 12.0 Å². The van der Waals surface area contributed by atoms with E-state index in [0.29, 0.717) is 12.8 Å². The molecule has 1 saturated heterocycles. The van der Waals surface area contributed by atoms with E-state index in [1.165, 1.54) is 25.3 Å². The summed E-state index contributed by atoms with van der Waals surface area (Å²) >= 11 is 0. The van der Waals surface area contributed by atoms with E-state index in [1.807, 2.05) is 0 Å². The number of aldehydes is 1. The Kier molecular flexibility index (Phi) is 11.7. The second kappa shape index (κ2) is 13.9. The monoisotopic (exact) mass is 377 g/mol. The molecule has 0 spiro atoms. The van der Waals surface area contributed by atoms with Crippen LogP contribution >= 0.6 is 0 Å². The Bertz CT molecular complexity index is 565. The van der Waals surface area contributed by atoms with Gasteiger partial charge in [0.25, 0.3) is 5.78 Å². The molecule has 0 saturated carbocycles. The number of hydrogen-bond acceptors (Lipinski definition) is 5. The normalized spacial score (nSPS) is 17.1. The zero-order valence-electron chi connectivity index (χ0n) is 16.2. The van der Waals surface area contributed by atoms with Crippen LogP contribution in [0, 0.1) is 0 Å². The molecule has 150 valence electrons. The largest absolute Gasteiger partial charge is 0.421 e. The SMILES string of the molecule is CCC=CCCCCCCCCC=C(OC(=O)C1CCC(=O)N1)C(=O)C=O. The Hall–Kier alpha value is -2.24. The molecule has 0 aromatic rings. The lowest BCUT2D eigenvalue weighted by Crippen LogP contribution is -2.35. The van der Waals surface area contributed by atoms with Crippen LogP contribution in [0.4, 0.5) is 0 Å². The van der Waals surface area contributed by atoms with Gasteiger partial charge in [-0.1, -0.05) is 44.8 Å². The van der Waals surface area contributed by atoms with Crippen molar-refractivity contribution in [3.8, 4) is 0 Å². The molecule has 1 aliphatic heterocycles. The Labute approximate surface area is 161 Å². The zero-order valence-corrected chi connectivity index (χ0v) is 16.2. The number of ketones is 1. The summed E-state index contributed by atoms with van der Waals surface area (Å²) in [5, 5.41) is 2.48. The van der Waals surface area contributed by atoms with Crippen LogP contribution in [0.3, 0.4) is 0 Å². The molecule has 1 N–H and O–H groups in total. The van der Waals surface area contributed by atoms with Crippen molar-refractivity contribution in [2.45, 2.75) is 83.6 Å². The molecule has 1 amide bonds.